The van der Waals surface area contributed by atoms with E-state index in [1.807, 2.05) is 0 Å². The molecule has 1 aromatic carbocycles. The number of carbonyl (C=O) groups excluding carboxylic acids is 1. The van der Waals surface area contributed by atoms with Gasteiger partial charge in [0.15, 0.2) is 5.76 Å². The molecule has 0 bridgehead atoms. The van der Waals surface area contributed by atoms with Crippen LogP contribution in [0.5, 0.6) is 0 Å². The smallest absolute Gasteiger partial charge is 0.287 e. The Morgan fingerprint density at radius 1 is 1.12 bits per heavy atom. The van der Waals surface area contributed by atoms with Gasteiger partial charge in [0.1, 0.15) is 17.2 Å². The van der Waals surface area contributed by atoms with E-state index in [2.05, 4.69) is 10.3 Å². The van der Waals surface area contributed by atoms with Gasteiger partial charge in [-0.1, -0.05) is 11.6 Å². The van der Waals surface area contributed by atoms with Crippen molar-refractivity contribution in [1.82, 2.24) is 14.7 Å². The highest BCUT2D eigenvalue weighted by atomic mass is 35.5. The van der Waals surface area contributed by atoms with E-state index in [1.165, 1.54) is 12.1 Å². The lowest BCUT2D eigenvalue weighted by Gasteiger charge is -2.00. The number of nitrogens with zero attached hydrogens (tertiary/aromatic N) is 2. The van der Waals surface area contributed by atoms with Crippen LogP contribution in [0.15, 0.2) is 65.3 Å². The van der Waals surface area contributed by atoms with Gasteiger partial charge in [-0.25, -0.2) is 9.37 Å². The molecule has 0 atom stereocenters. The van der Waals surface area contributed by atoms with Gasteiger partial charge in [-0.15, -0.1) is 0 Å². The van der Waals surface area contributed by atoms with Crippen LogP contribution < -0.4 is 5.32 Å². The highest BCUT2D eigenvalue weighted by Crippen LogP contribution is 2.22. The van der Waals surface area contributed by atoms with Crippen molar-refractivity contribution in [2.24, 2.45) is 0 Å². The number of nitrogens with one attached hydrogen (secondary N) is 1. The number of furan rings is 1. The molecule has 0 aliphatic heterocycles. The molecule has 3 aromatic heterocycles. The third-order valence-electron chi connectivity index (χ3n) is 3.85. The Hall–Kier alpha value is -3.12. The largest absolute Gasteiger partial charge is 0.451 e. The van der Waals surface area contributed by atoms with Crippen molar-refractivity contribution in [3.63, 3.8) is 0 Å². The number of halogens is 2. The van der Waals surface area contributed by atoms with Crippen molar-refractivity contribution in [2.75, 3.05) is 0 Å². The van der Waals surface area contributed by atoms with Gasteiger partial charge in [0.2, 0.25) is 0 Å². The normalized spacial score (nSPS) is 11.0. The Balaban J connectivity index is 1.45. The van der Waals surface area contributed by atoms with E-state index in [1.54, 1.807) is 53.2 Å². The van der Waals surface area contributed by atoms with Crippen LogP contribution >= 0.6 is 11.6 Å². The molecule has 0 aliphatic rings. The molecule has 3 heterocycles. The molecule has 0 radical (unpaired) electrons. The highest BCUT2D eigenvalue weighted by molar-refractivity contribution is 6.30. The van der Waals surface area contributed by atoms with Crippen LogP contribution in [-0.2, 0) is 6.54 Å². The minimum Gasteiger partial charge on any atom is -0.451 e. The molecule has 0 fully saturated rings. The van der Waals surface area contributed by atoms with Crippen molar-refractivity contribution in [1.29, 1.82) is 0 Å². The maximum atomic E-state index is 13.0. The summed E-state index contributed by atoms with van der Waals surface area (Å²) in [5.41, 5.74) is 2.14. The van der Waals surface area contributed by atoms with Gasteiger partial charge in [-0.3, -0.25) is 4.79 Å². The first-order chi connectivity index (χ1) is 12.6. The molecule has 7 heteroatoms. The molecule has 4 aromatic rings. The maximum Gasteiger partial charge on any atom is 0.287 e. The summed E-state index contributed by atoms with van der Waals surface area (Å²) in [7, 11) is 0. The molecule has 0 spiro atoms. The van der Waals surface area contributed by atoms with E-state index in [4.69, 9.17) is 16.0 Å². The molecule has 130 valence electrons. The lowest BCUT2D eigenvalue weighted by atomic mass is 10.2. The van der Waals surface area contributed by atoms with Crippen molar-refractivity contribution in [3.05, 3.63) is 83.2 Å². The van der Waals surface area contributed by atoms with Gasteiger partial charge in [-0.2, -0.15) is 0 Å². The number of fused-ring (bicyclic) bond motifs is 1. The van der Waals surface area contributed by atoms with Gasteiger partial charge in [0, 0.05) is 18.0 Å². The van der Waals surface area contributed by atoms with Crippen LogP contribution in [0, 0.1) is 5.82 Å². The van der Waals surface area contributed by atoms with E-state index in [-0.39, 0.29) is 24.0 Å². The van der Waals surface area contributed by atoms with Crippen molar-refractivity contribution >= 4 is 23.2 Å². The van der Waals surface area contributed by atoms with Crippen molar-refractivity contribution < 1.29 is 13.6 Å². The second-order valence-corrected chi connectivity index (χ2v) is 6.13. The second kappa shape index (κ2) is 6.65. The predicted molar refractivity (Wildman–Crippen MR) is 95.5 cm³/mol. The fourth-order valence-corrected chi connectivity index (χ4v) is 2.76. The summed E-state index contributed by atoms with van der Waals surface area (Å²) in [5.74, 6) is -0.00544. The topological polar surface area (TPSA) is 59.5 Å². The van der Waals surface area contributed by atoms with Crippen molar-refractivity contribution in [2.45, 2.75) is 6.54 Å². The first-order valence-electron chi connectivity index (χ1n) is 7.85. The molecule has 26 heavy (non-hydrogen) atoms. The molecule has 1 N–H and O–H groups in total. The lowest BCUT2D eigenvalue weighted by Crippen LogP contribution is -2.22. The van der Waals surface area contributed by atoms with Crippen LogP contribution in [0.1, 0.15) is 16.2 Å². The van der Waals surface area contributed by atoms with E-state index < -0.39 is 0 Å². The van der Waals surface area contributed by atoms with Gasteiger partial charge in [0.05, 0.1) is 17.3 Å². The molecule has 5 nitrogen and oxygen atoms in total. The third-order valence-corrected chi connectivity index (χ3v) is 4.08. The minimum absolute atomic E-state index is 0.177. The maximum absolute atomic E-state index is 13.0. The summed E-state index contributed by atoms with van der Waals surface area (Å²) < 4.78 is 20.3. The summed E-state index contributed by atoms with van der Waals surface area (Å²) in [6.07, 6.45) is 3.55. The first kappa shape index (κ1) is 16.4. The van der Waals surface area contributed by atoms with Gasteiger partial charge in [-0.05, 0) is 48.5 Å². The van der Waals surface area contributed by atoms with E-state index in [0.717, 1.165) is 5.65 Å². The lowest BCUT2D eigenvalue weighted by molar-refractivity contribution is 0.0923. The molecule has 0 aliphatic carbocycles. The molecule has 0 unspecified atom stereocenters. The fraction of sp³-hybridized carbons (Fsp3) is 0.0526. The third kappa shape index (κ3) is 3.32. The molecule has 0 saturated carbocycles. The number of imidazole rings is 1. The summed E-state index contributed by atoms with van der Waals surface area (Å²) in [6.45, 7) is 0.255. The van der Waals surface area contributed by atoms with E-state index >= 15 is 0 Å². The number of rotatable bonds is 4. The fourth-order valence-electron chi connectivity index (χ4n) is 2.59. The second-order valence-electron chi connectivity index (χ2n) is 5.70. The number of hydrogen-bond acceptors (Lipinski definition) is 3. The number of pyridine rings is 1. The van der Waals surface area contributed by atoms with Crippen LogP contribution in [0.2, 0.25) is 5.02 Å². The Morgan fingerprint density at radius 2 is 1.92 bits per heavy atom. The predicted octanol–water partition coefficient (Wildman–Crippen LogP) is 4.32. The van der Waals surface area contributed by atoms with E-state index in [0.29, 0.717) is 22.0 Å². The van der Waals surface area contributed by atoms with Crippen molar-refractivity contribution in [3.8, 4) is 11.3 Å². The minimum atomic E-state index is -0.353. The summed E-state index contributed by atoms with van der Waals surface area (Å²) in [6, 6.07) is 12.7. The average molecular weight is 370 g/mol. The average Bonchev–Trinajstić information content (AvgIpc) is 3.27. The quantitative estimate of drug-likeness (QED) is 0.583. The number of hydrogen-bond donors (Lipinski definition) is 1. The van der Waals surface area contributed by atoms with Crippen LogP contribution in [0.4, 0.5) is 4.39 Å². The van der Waals surface area contributed by atoms with Crippen LogP contribution in [0.3, 0.4) is 0 Å². The standard InChI is InChI=1S/C19H13ClFN3O2/c20-13-3-8-18-23-15(11-24(18)10-13)9-22-19(25)17-7-6-16(26-17)12-1-4-14(21)5-2-12/h1-8,10-11H,9H2,(H,22,25). The van der Waals surface area contributed by atoms with Gasteiger partial charge >= 0.3 is 0 Å². The summed E-state index contributed by atoms with van der Waals surface area (Å²) >= 11 is 5.95. The number of benzene rings is 1. The zero-order valence-electron chi connectivity index (χ0n) is 13.4. The van der Waals surface area contributed by atoms with Gasteiger partial charge in [0.25, 0.3) is 5.91 Å². The highest BCUT2D eigenvalue weighted by Gasteiger charge is 2.13. The zero-order valence-corrected chi connectivity index (χ0v) is 14.2. The number of amides is 1. The Labute approximate surface area is 153 Å². The molecule has 4 rings (SSSR count). The number of carbonyl (C=O) groups is 1. The SMILES string of the molecule is O=C(NCc1cn2cc(Cl)ccc2n1)c1ccc(-c2ccc(F)cc2)o1. The molecule has 0 saturated heterocycles. The summed E-state index contributed by atoms with van der Waals surface area (Å²) in [5, 5.41) is 3.37. The van der Waals surface area contributed by atoms with Crippen LogP contribution in [-0.4, -0.2) is 15.3 Å². The zero-order chi connectivity index (χ0) is 18.1. The molecular weight excluding hydrogens is 357 g/mol. The van der Waals surface area contributed by atoms with E-state index in [9.17, 15) is 9.18 Å². The number of aromatic nitrogens is 2. The first-order valence-corrected chi connectivity index (χ1v) is 8.23. The Bertz CT molecular complexity index is 1090. The molecular formula is C19H13ClFN3O2. The monoisotopic (exact) mass is 369 g/mol. The Morgan fingerprint density at radius 3 is 2.73 bits per heavy atom. The van der Waals surface area contributed by atoms with Crippen LogP contribution in [0.25, 0.3) is 17.0 Å². The van der Waals surface area contributed by atoms with Gasteiger partial charge < -0.3 is 14.1 Å². The Kier molecular flexibility index (Phi) is 4.18. The summed E-state index contributed by atoms with van der Waals surface area (Å²) in [4.78, 5) is 16.7. The molecule has 1 amide bonds.